The van der Waals surface area contributed by atoms with E-state index in [4.69, 9.17) is 14.3 Å². The van der Waals surface area contributed by atoms with Gasteiger partial charge in [0.2, 0.25) is 0 Å². The third-order valence-corrected chi connectivity index (χ3v) is 10.7. The molecule has 9 rings (SSSR count). The average Bonchev–Trinajstić information content (AvgIpc) is 3.35. The van der Waals surface area contributed by atoms with E-state index in [0.717, 1.165) is 16.9 Å². The molecular weight excluding hydrogens is 597 g/mol. The lowest BCUT2D eigenvalue weighted by atomic mass is 9.83. The van der Waals surface area contributed by atoms with Crippen molar-refractivity contribution in [3.63, 3.8) is 0 Å². The standard InChI is InChI=1S/C45H36BNO2/c1-44(2)45(3,4)49-46(48-44)41-19-11-18-40(47-41)33-24-25-38-39(28-33)43(35-23-21-30-13-6-8-15-32(30)27-35)37-17-10-9-16-36(37)42(38)34-22-20-29-12-5-7-14-31(29)26-34/h5-28H,1-4H3. The summed E-state index contributed by atoms with van der Waals surface area (Å²) in [6, 6.07) is 52.6. The number of hydrogen-bond acceptors (Lipinski definition) is 3. The summed E-state index contributed by atoms with van der Waals surface area (Å²) in [5, 5.41) is 9.80. The lowest BCUT2D eigenvalue weighted by molar-refractivity contribution is 0.00578. The predicted octanol–water partition coefficient (Wildman–Crippen LogP) is 11.0. The topological polar surface area (TPSA) is 31.4 Å². The molecule has 1 aliphatic heterocycles. The molecule has 1 aliphatic rings. The first-order chi connectivity index (χ1) is 23.8. The van der Waals surface area contributed by atoms with Crippen molar-refractivity contribution in [2.45, 2.75) is 38.9 Å². The van der Waals surface area contributed by atoms with Crippen molar-refractivity contribution in [2.75, 3.05) is 0 Å². The lowest BCUT2D eigenvalue weighted by Crippen LogP contribution is -2.41. The van der Waals surface area contributed by atoms with Crippen LogP contribution in [0, 0.1) is 0 Å². The van der Waals surface area contributed by atoms with Crippen molar-refractivity contribution in [1.82, 2.24) is 4.98 Å². The van der Waals surface area contributed by atoms with Crippen LogP contribution in [-0.4, -0.2) is 23.3 Å². The van der Waals surface area contributed by atoms with Crippen molar-refractivity contribution in [2.24, 2.45) is 0 Å². The van der Waals surface area contributed by atoms with Crippen LogP contribution in [0.25, 0.3) is 76.6 Å². The van der Waals surface area contributed by atoms with Gasteiger partial charge in [-0.2, -0.15) is 0 Å². The lowest BCUT2D eigenvalue weighted by Gasteiger charge is -2.32. The second kappa shape index (κ2) is 11.1. The Morgan fingerprint density at radius 2 is 0.918 bits per heavy atom. The molecule has 8 aromatic rings. The van der Waals surface area contributed by atoms with E-state index in [0.29, 0.717) is 0 Å². The highest BCUT2D eigenvalue weighted by Gasteiger charge is 2.52. The zero-order chi connectivity index (χ0) is 33.3. The Balaban J connectivity index is 1.30. The van der Waals surface area contributed by atoms with Crippen LogP contribution in [0.4, 0.5) is 0 Å². The molecule has 0 spiro atoms. The molecule has 49 heavy (non-hydrogen) atoms. The van der Waals surface area contributed by atoms with Crippen LogP contribution in [0.15, 0.2) is 146 Å². The van der Waals surface area contributed by atoms with Crippen LogP contribution in [0.3, 0.4) is 0 Å². The normalized spacial score (nSPS) is 15.5. The monoisotopic (exact) mass is 633 g/mol. The van der Waals surface area contributed by atoms with Gasteiger partial charge >= 0.3 is 7.12 Å². The van der Waals surface area contributed by atoms with Crippen LogP contribution < -0.4 is 5.59 Å². The number of hydrogen-bond donors (Lipinski definition) is 0. The summed E-state index contributed by atoms with van der Waals surface area (Å²) in [5.74, 6) is 0. The number of fused-ring (bicyclic) bond motifs is 4. The zero-order valence-corrected chi connectivity index (χ0v) is 28.2. The molecule has 1 saturated heterocycles. The van der Waals surface area contributed by atoms with Gasteiger partial charge in [-0.15, -0.1) is 0 Å². The van der Waals surface area contributed by atoms with Crippen LogP contribution in [0.5, 0.6) is 0 Å². The molecule has 1 fully saturated rings. The van der Waals surface area contributed by atoms with Crippen molar-refractivity contribution in [3.8, 4) is 33.5 Å². The van der Waals surface area contributed by atoms with Crippen LogP contribution in [0.2, 0.25) is 0 Å². The van der Waals surface area contributed by atoms with Gasteiger partial charge in [-0.1, -0.05) is 115 Å². The summed E-state index contributed by atoms with van der Waals surface area (Å²) in [5.41, 5.74) is 6.71. The van der Waals surface area contributed by atoms with Crippen LogP contribution in [-0.2, 0) is 9.31 Å². The number of nitrogens with zero attached hydrogens (tertiary/aromatic N) is 1. The highest BCUT2D eigenvalue weighted by molar-refractivity contribution is 6.61. The maximum atomic E-state index is 6.38. The van der Waals surface area contributed by atoms with E-state index >= 15 is 0 Å². The average molecular weight is 634 g/mol. The molecule has 0 bridgehead atoms. The van der Waals surface area contributed by atoms with Crippen molar-refractivity contribution < 1.29 is 9.31 Å². The summed E-state index contributed by atoms with van der Waals surface area (Å²) in [6.45, 7) is 8.30. The minimum atomic E-state index is -0.526. The maximum absolute atomic E-state index is 6.38. The molecule has 7 aromatic carbocycles. The molecule has 0 saturated carbocycles. The molecule has 0 N–H and O–H groups in total. The van der Waals surface area contributed by atoms with E-state index < -0.39 is 18.3 Å². The quantitative estimate of drug-likeness (QED) is 0.143. The number of benzene rings is 7. The van der Waals surface area contributed by atoms with Gasteiger partial charge in [0.05, 0.1) is 22.5 Å². The zero-order valence-electron chi connectivity index (χ0n) is 28.2. The number of pyridine rings is 1. The minimum Gasteiger partial charge on any atom is -0.398 e. The first-order valence-electron chi connectivity index (χ1n) is 17.1. The smallest absolute Gasteiger partial charge is 0.398 e. The van der Waals surface area contributed by atoms with Gasteiger partial charge in [0.15, 0.2) is 0 Å². The molecule has 0 amide bonds. The van der Waals surface area contributed by atoms with Crippen LogP contribution >= 0.6 is 0 Å². The van der Waals surface area contributed by atoms with Gasteiger partial charge in [-0.3, -0.25) is 4.98 Å². The SMILES string of the molecule is CC1(C)OB(c2cccc(-c3ccc4c(-c5ccc6ccccc6c5)c5ccccc5c(-c5ccc6ccccc6c5)c4c3)n2)OC1(C)C. The number of rotatable bonds is 4. The van der Waals surface area contributed by atoms with Gasteiger partial charge in [-0.25, -0.2) is 0 Å². The van der Waals surface area contributed by atoms with Gasteiger partial charge in [0.25, 0.3) is 0 Å². The second-order valence-corrected chi connectivity index (χ2v) is 14.2. The van der Waals surface area contributed by atoms with E-state index in [1.165, 1.54) is 65.3 Å². The molecule has 1 aromatic heterocycles. The highest BCUT2D eigenvalue weighted by Crippen LogP contribution is 2.45. The minimum absolute atomic E-state index is 0.437. The predicted molar refractivity (Wildman–Crippen MR) is 206 cm³/mol. The largest absolute Gasteiger partial charge is 0.514 e. The Morgan fingerprint density at radius 1 is 0.429 bits per heavy atom. The molecule has 0 atom stereocenters. The van der Waals surface area contributed by atoms with Crippen molar-refractivity contribution >= 4 is 55.8 Å². The summed E-state index contributed by atoms with van der Waals surface area (Å²) >= 11 is 0. The molecule has 0 aliphatic carbocycles. The Labute approximate surface area is 287 Å². The van der Waals surface area contributed by atoms with Crippen LogP contribution in [0.1, 0.15) is 27.7 Å². The molecule has 3 nitrogen and oxygen atoms in total. The molecule has 0 radical (unpaired) electrons. The molecule has 2 heterocycles. The van der Waals surface area contributed by atoms with Gasteiger partial charge in [0.1, 0.15) is 0 Å². The first kappa shape index (κ1) is 29.8. The van der Waals surface area contributed by atoms with Gasteiger partial charge in [-0.05, 0) is 123 Å². The maximum Gasteiger partial charge on any atom is 0.514 e. The highest BCUT2D eigenvalue weighted by atomic mass is 16.7. The Hall–Kier alpha value is -5.29. The Kier molecular flexibility index (Phi) is 6.78. The Morgan fingerprint density at radius 3 is 1.51 bits per heavy atom. The number of aromatic nitrogens is 1. The first-order valence-corrected chi connectivity index (χ1v) is 17.1. The third-order valence-electron chi connectivity index (χ3n) is 10.7. The van der Waals surface area contributed by atoms with Crippen molar-refractivity contribution in [3.05, 3.63) is 146 Å². The molecule has 0 unspecified atom stereocenters. The molecule has 236 valence electrons. The third kappa shape index (κ3) is 4.94. The summed E-state index contributed by atoms with van der Waals surface area (Å²) in [6.07, 6.45) is 0. The second-order valence-electron chi connectivity index (χ2n) is 14.2. The van der Waals surface area contributed by atoms with E-state index in [1.54, 1.807) is 0 Å². The fraction of sp³-hybridized carbons (Fsp3) is 0.133. The van der Waals surface area contributed by atoms with E-state index in [-0.39, 0.29) is 0 Å². The van der Waals surface area contributed by atoms with E-state index in [1.807, 2.05) is 6.07 Å². The summed E-state index contributed by atoms with van der Waals surface area (Å²) in [4.78, 5) is 5.13. The van der Waals surface area contributed by atoms with Gasteiger partial charge < -0.3 is 9.31 Å². The Bertz CT molecular complexity index is 2570. The summed E-state index contributed by atoms with van der Waals surface area (Å²) < 4.78 is 12.8. The van der Waals surface area contributed by atoms with E-state index in [2.05, 4.69) is 167 Å². The van der Waals surface area contributed by atoms with Crippen molar-refractivity contribution in [1.29, 1.82) is 0 Å². The summed E-state index contributed by atoms with van der Waals surface area (Å²) in [7, 11) is -0.526. The molecule has 4 heteroatoms. The van der Waals surface area contributed by atoms with Gasteiger partial charge in [0, 0.05) is 5.56 Å². The van der Waals surface area contributed by atoms with E-state index in [9.17, 15) is 0 Å². The fourth-order valence-electron chi connectivity index (χ4n) is 7.36. The fourth-order valence-corrected chi connectivity index (χ4v) is 7.36. The molecular formula is C45H36BNO2.